The molecule has 158 valence electrons. The van der Waals surface area contributed by atoms with Crippen LogP contribution in [0.3, 0.4) is 0 Å². The topological polar surface area (TPSA) is 88.2 Å². The summed E-state index contributed by atoms with van der Waals surface area (Å²) in [5.41, 5.74) is 0.178. The van der Waals surface area contributed by atoms with Crippen molar-refractivity contribution in [1.29, 1.82) is 0 Å². The van der Waals surface area contributed by atoms with Crippen LogP contribution in [0.1, 0.15) is 58.4 Å². The van der Waals surface area contributed by atoms with Crippen molar-refractivity contribution in [2.45, 2.75) is 69.9 Å². The molecule has 1 aromatic rings. The van der Waals surface area contributed by atoms with E-state index in [0.717, 1.165) is 24.8 Å². The Morgan fingerprint density at radius 1 is 1.38 bits per heavy atom. The number of ether oxygens (including phenoxy) is 1. The van der Waals surface area contributed by atoms with Crippen molar-refractivity contribution in [3.05, 3.63) is 35.6 Å². The Labute approximate surface area is 170 Å². The number of benzene rings is 1. The van der Waals surface area contributed by atoms with E-state index in [1.54, 1.807) is 12.1 Å². The average Bonchev–Trinajstić information content (AvgIpc) is 3.42. The minimum atomic E-state index is -0.623. The molecule has 0 aromatic heterocycles. The Balaban J connectivity index is 1.72. The van der Waals surface area contributed by atoms with Crippen LogP contribution in [0, 0.1) is 5.82 Å². The number of rotatable bonds is 6. The van der Waals surface area contributed by atoms with Crippen molar-refractivity contribution in [2.75, 3.05) is 6.54 Å². The number of nitrogens with two attached hydrogens (primary N) is 1. The lowest BCUT2D eigenvalue weighted by atomic mass is 9.96. The molecule has 1 heterocycles. The molecule has 29 heavy (non-hydrogen) atoms. The van der Waals surface area contributed by atoms with Gasteiger partial charge in [0.15, 0.2) is 0 Å². The Morgan fingerprint density at radius 3 is 2.59 bits per heavy atom. The fourth-order valence-corrected chi connectivity index (χ4v) is 3.65. The van der Waals surface area contributed by atoms with Gasteiger partial charge in [-0.25, -0.2) is 20.0 Å². The van der Waals surface area contributed by atoms with Gasteiger partial charge in [0.1, 0.15) is 23.3 Å². The molecule has 1 aliphatic heterocycles. The molecular formula is C21H29FN4O3. The molecule has 0 spiro atoms. The van der Waals surface area contributed by atoms with Crippen molar-refractivity contribution in [2.24, 2.45) is 10.9 Å². The number of hydrogen-bond donors (Lipinski definition) is 1. The molecule has 1 aliphatic carbocycles. The second kappa shape index (κ2) is 8.10. The summed E-state index contributed by atoms with van der Waals surface area (Å²) in [7, 11) is 0. The Hall–Kier alpha value is -2.48. The summed E-state index contributed by atoms with van der Waals surface area (Å²) in [5.74, 6) is 5.97. The molecule has 1 unspecified atom stereocenters. The zero-order chi connectivity index (χ0) is 21.2. The molecule has 1 saturated heterocycles. The average molecular weight is 404 g/mol. The lowest BCUT2D eigenvalue weighted by Gasteiger charge is -2.35. The van der Waals surface area contributed by atoms with E-state index in [4.69, 9.17) is 10.6 Å². The summed E-state index contributed by atoms with van der Waals surface area (Å²) in [6.07, 6.45) is 4.35. The number of carbonyl (C=O) groups excluding carboxylic acids is 2. The van der Waals surface area contributed by atoms with E-state index in [-0.39, 0.29) is 11.2 Å². The minimum Gasteiger partial charge on any atom is -0.458 e. The van der Waals surface area contributed by atoms with Gasteiger partial charge in [0.05, 0.1) is 6.54 Å². The van der Waals surface area contributed by atoms with Crippen LogP contribution in [0.5, 0.6) is 0 Å². The number of amides is 1. The highest BCUT2D eigenvalue weighted by Crippen LogP contribution is 2.48. The third kappa shape index (κ3) is 5.12. The number of piperidine rings is 1. The molecule has 8 heteroatoms. The molecule has 1 atom stereocenters. The molecule has 2 N–H and O–H groups in total. The zero-order valence-corrected chi connectivity index (χ0v) is 17.2. The van der Waals surface area contributed by atoms with E-state index in [9.17, 15) is 14.0 Å². The fourth-order valence-electron chi connectivity index (χ4n) is 3.65. The highest BCUT2D eigenvalue weighted by atomic mass is 19.1. The summed E-state index contributed by atoms with van der Waals surface area (Å²) < 4.78 is 18.7. The van der Waals surface area contributed by atoms with Crippen molar-refractivity contribution < 1.29 is 18.7 Å². The summed E-state index contributed by atoms with van der Waals surface area (Å²) in [5, 5.41) is 7.09. The van der Waals surface area contributed by atoms with E-state index in [0.29, 0.717) is 31.6 Å². The summed E-state index contributed by atoms with van der Waals surface area (Å²) in [6.45, 7) is 5.81. The van der Waals surface area contributed by atoms with Gasteiger partial charge in [0, 0.05) is 11.8 Å². The second-order valence-corrected chi connectivity index (χ2v) is 8.86. The first-order chi connectivity index (χ1) is 13.6. The number of hydrazine groups is 1. The largest absolute Gasteiger partial charge is 0.458 e. The minimum absolute atomic E-state index is 0.211. The number of amidine groups is 1. The van der Waals surface area contributed by atoms with Crippen molar-refractivity contribution >= 4 is 18.2 Å². The summed E-state index contributed by atoms with van der Waals surface area (Å²) in [4.78, 5) is 24.2. The third-order valence-electron chi connectivity index (χ3n) is 5.33. The van der Waals surface area contributed by atoms with Gasteiger partial charge in [-0.15, -0.1) is 0 Å². The molecule has 2 fully saturated rings. The predicted octanol–water partition coefficient (Wildman–Crippen LogP) is 2.70. The highest BCUT2D eigenvalue weighted by molar-refractivity contribution is 5.89. The van der Waals surface area contributed by atoms with Gasteiger partial charge in [-0.1, -0.05) is 12.1 Å². The van der Waals surface area contributed by atoms with Crippen LogP contribution in [0.4, 0.5) is 4.39 Å². The second-order valence-electron chi connectivity index (χ2n) is 8.86. The first-order valence-corrected chi connectivity index (χ1v) is 9.96. The summed E-state index contributed by atoms with van der Waals surface area (Å²) >= 11 is 0. The molecule has 0 bridgehead atoms. The quantitative estimate of drug-likeness (QED) is 0.341. The van der Waals surface area contributed by atoms with Gasteiger partial charge < -0.3 is 4.74 Å². The maximum Gasteiger partial charge on any atom is 0.330 e. The number of halogens is 1. The fraction of sp³-hybridized carbons (Fsp3) is 0.571. The smallest absolute Gasteiger partial charge is 0.330 e. The van der Waals surface area contributed by atoms with E-state index in [2.05, 4.69) is 5.10 Å². The van der Waals surface area contributed by atoms with Crippen LogP contribution in [0.15, 0.2) is 29.4 Å². The van der Waals surface area contributed by atoms with E-state index < -0.39 is 17.6 Å². The van der Waals surface area contributed by atoms with Crippen LogP contribution < -0.4 is 5.84 Å². The van der Waals surface area contributed by atoms with Gasteiger partial charge in [0.2, 0.25) is 6.41 Å². The predicted molar refractivity (Wildman–Crippen MR) is 107 cm³/mol. The Bertz CT molecular complexity index is 784. The molecule has 2 aliphatic rings. The van der Waals surface area contributed by atoms with Crippen LogP contribution >= 0.6 is 0 Å². The van der Waals surface area contributed by atoms with Crippen LogP contribution in [-0.4, -0.2) is 46.4 Å². The number of hydrogen-bond acceptors (Lipinski definition) is 5. The molecule has 1 amide bonds. The first kappa shape index (κ1) is 21.2. The lowest BCUT2D eigenvalue weighted by Crippen LogP contribution is -2.54. The van der Waals surface area contributed by atoms with Gasteiger partial charge >= 0.3 is 5.97 Å². The van der Waals surface area contributed by atoms with Crippen molar-refractivity contribution in [3.8, 4) is 0 Å². The molecule has 0 radical (unpaired) electrons. The van der Waals surface area contributed by atoms with E-state index in [1.165, 1.54) is 22.2 Å². The van der Waals surface area contributed by atoms with E-state index >= 15 is 0 Å². The van der Waals surface area contributed by atoms with Gasteiger partial charge in [0.25, 0.3) is 0 Å². The Kier molecular flexibility index (Phi) is 5.93. The normalized spacial score (nSPS) is 22.3. The van der Waals surface area contributed by atoms with Crippen LogP contribution in [-0.2, 0) is 19.7 Å². The van der Waals surface area contributed by atoms with Gasteiger partial charge in [-0.3, -0.25) is 9.80 Å². The first-order valence-electron chi connectivity index (χ1n) is 9.96. The zero-order valence-electron chi connectivity index (χ0n) is 17.2. The molecule has 1 aromatic carbocycles. The number of nitrogens with zero attached hydrogens (tertiary/aromatic N) is 3. The highest BCUT2D eigenvalue weighted by Gasteiger charge is 2.46. The number of hydrazone groups is 1. The maximum absolute atomic E-state index is 13.2. The van der Waals surface area contributed by atoms with Gasteiger partial charge in [-0.05, 0) is 64.2 Å². The monoisotopic (exact) mass is 404 g/mol. The molecular weight excluding hydrogens is 375 g/mol. The maximum atomic E-state index is 13.2. The SMILES string of the molecule is CC(C)(C)OC(=O)C1CCC/C(=N/N(C=O)CC2(c3ccc(F)cc3)CC2)N1N. The third-order valence-corrected chi connectivity index (χ3v) is 5.33. The number of esters is 1. The lowest BCUT2D eigenvalue weighted by molar-refractivity contribution is -0.160. The molecule has 1 saturated carbocycles. The molecule has 3 rings (SSSR count). The Morgan fingerprint density at radius 2 is 2.03 bits per heavy atom. The molecule has 7 nitrogen and oxygen atoms in total. The summed E-state index contributed by atoms with van der Waals surface area (Å²) in [6, 6.07) is 5.75. The van der Waals surface area contributed by atoms with E-state index in [1.807, 2.05) is 20.8 Å². The number of carbonyl (C=O) groups is 2. The van der Waals surface area contributed by atoms with Crippen LogP contribution in [0.25, 0.3) is 0 Å². The van der Waals surface area contributed by atoms with Crippen molar-refractivity contribution in [1.82, 2.24) is 10.0 Å². The van der Waals surface area contributed by atoms with Crippen molar-refractivity contribution in [3.63, 3.8) is 0 Å². The van der Waals surface area contributed by atoms with Crippen LogP contribution in [0.2, 0.25) is 0 Å². The standard InChI is InChI=1S/C21H29FN4O3/c1-20(2,3)29-19(28)17-5-4-6-18(26(17)23)24-25(14-27)13-21(11-12-21)15-7-9-16(22)10-8-15/h7-10,14,17H,4-6,11-13,23H2,1-3H3/b24-18-. The van der Waals surface area contributed by atoms with Gasteiger partial charge in [-0.2, -0.15) is 5.10 Å².